The third-order valence-electron chi connectivity index (χ3n) is 7.10. The largest absolute Gasteiger partial charge is 0.443 e. The molecule has 3 amide bonds. The van der Waals surface area contributed by atoms with Crippen LogP contribution >= 0.6 is 0 Å². The molecule has 0 aromatic heterocycles. The van der Waals surface area contributed by atoms with E-state index in [1.807, 2.05) is 60.7 Å². The van der Waals surface area contributed by atoms with Gasteiger partial charge in [0, 0.05) is 5.92 Å². The SMILES string of the molecule is CC(C)(C)OC(=O)NN1C(C(O)C(c2ccccc2)c2ccccc2)C=CC2C(=O)N(c3ccccc3)C(=O)C21. The van der Waals surface area contributed by atoms with Crippen LogP contribution in [0.4, 0.5) is 10.5 Å². The minimum atomic E-state index is -1.11. The van der Waals surface area contributed by atoms with Crippen LogP contribution in [0.3, 0.4) is 0 Å². The number of carbonyl (C=O) groups is 3. The lowest BCUT2D eigenvalue weighted by atomic mass is 9.81. The van der Waals surface area contributed by atoms with Crippen LogP contribution < -0.4 is 10.3 Å². The van der Waals surface area contributed by atoms with Gasteiger partial charge in [-0.2, -0.15) is 5.01 Å². The second-order valence-corrected chi connectivity index (χ2v) is 11.0. The van der Waals surface area contributed by atoms with Crippen LogP contribution in [0.2, 0.25) is 0 Å². The van der Waals surface area contributed by atoms with Crippen molar-refractivity contribution >= 4 is 23.6 Å². The molecule has 0 saturated carbocycles. The van der Waals surface area contributed by atoms with Crippen molar-refractivity contribution in [2.45, 2.75) is 50.5 Å². The number of para-hydroxylation sites is 1. The van der Waals surface area contributed by atoms with Gasteiger partial charge in [-0.1, -0.05) is 91.0 Å². The highest BCUT2D eigenvalue weighted by Crippen LogP contribution is 2.38. The number of benzene rings is 3. The molecule has 8 heteroatoms. The number of hydrazine groups is 1. The lowest BCUT2D eigenvalue weighted by Gasteiger charge is -2.42. The summed E-state index contributed by atoms with van der Waals surface area (Å²) in [6, 6.07) is 25.9. The molecule has 5 rings (SSSR count). The maximum absolute atomic E-state index is 13.9. The van der Waals surface area contributed by atoms with Crippen molar-refractivity contribution in [2.75, 3.05) is 4.90 Å². The number of anilines is 1. The number of imide groups is 1. The van der Waals surface area contributed by atoms with Gasteiger partial charge in [0.2, 0.25) is 5.91 Å². The van der Waals surface area contributed by atoms with E-state index in [0.29, 0.717) is 5.69 Å². The molecule has 4 unspecified atom stereocenters. The third kappa shape index (κ3) is 5.41. The van der Waals surface area contributed by atoms with Crippen molar-refractivity contribution in [3.05, 3.63) is 114 Å². The molecule has 2 aliphatic heterocycles. The summed E-state index contributed by atoms with van der Waals surface area (Å²) in [6.07, 6.45) is 1.47. The van der Waals surface area contributed by atoms with Crippen molar-refractivity contribution < 1.29 is 24.2 Å². The van der Waals surface area contributed by atoms with Gasteiger partial charge in [-0.3, -0.25) is 15.0 Å². The zero-order valence-corrected chi connectivity index (χ0v) is 22.7. The van der Waals surface area contributed by atoms with E-state index in [1.54, 1.807) is 63.3 Å². The number of nitrogens with zero attached hydrogens (tertiary/aromatic N) is 2. The number of aliphatic hydroxyl groups is 1. The van der Waals surface area contributed by atoms with E-state index >= 15 is 0 Å². The zero-order valence-electron chi connectivity index (χ0n) is 22.7. The normalized spacial score (nSPS) is 21.8. The van der Waals surface area contributed by atoms with Crippen molar-refractivity contribution in [3.8, 4) is 0 Å². The van der Waals surface area contributed by atoms with Gasteiger partial charge in [-0.05, 0) is 44.0 Å². The number of nitrogens with one attached hydrogen (secondary N) is 1. The molecule has 3 aromatic rings. The Kier molecular flexibility index (Phi) is 7.56. The summed E-state index contributed by atoms with van der Waals surface area (Å²) >= 11 is 0. The molecule has 0 spiro atoms. The fourth-order valence-corrected chi connectivity index (χ4v) is 5.43. The molecule has 4 atom stereocenters. The van der Waals surface area contributed by atoms with E-state index in [-0.39, 0.29) is 0 Å². The smallest absolute Gasteiger partial charge is 0.422 e. The Morgan fingerprint density at radius 3 is 1.88 bits per heavy atom. The summed E-state index contributed by atoms with van der Waals surface area (Å²) in [5.41, 5.74) is 4.10. The Hall–Kier alpha value is -4.27. The molecule has 2 heterocycles. The lowest BCUT2D eigenvalue weighted by Crippen LogP contribution is -2.63. The predicted molar refractivity (Wildman–Crippen MR) is 151 cm³/mol. The molecule has 1 fully saturated rings. The predicted octanol–water partition coefficient (Wildman–Crippen LogP) is 4.42. The van der Waals surface area contributed by atoms with Crippen molar-refractivity contribution in [2.24, 2.45) is 5.92 Å². The summed E-state index contributed by atoms with van der Waals surface area (Å²) in [7, 11) is 0. The Labute approximate surface area is 233 Å². The number of rotatable bonds is 6. The number of aliphatic hydroxyl groups excluding tert-OH is 1. The van der Waals surface area contributed by atoms with Crippen LogP contribution in [-0.2, 0) is 14.3 Å². The van der Waals surface area contributed by atoms with Gasteiger partial charge in [0.25, 0.3) is 5.91 Å². The minimum absolute atomic E-state index is 0.399. The Balaban J connectivity index is 1.56. The maximum Gasteiger partial charge on any atom is 0.422 e. The first-order chi connectivity index (χ1) is 19.2. The Morgan fingerprint density at radius 2 is 1.35 bits per heavy atom. The molecule has 3 aromatic carbocycles. The number of fused-ring (bicyclic) bond motifs is 1. The number of amides is 3. The van der Waals surface area contributed by atoms with Crippen LogP contribution in [0.25, 0.3) is 0 Å². The topological polar surface area (TPSA) is 99.2 Å². The molecule has 2 aliphatic rings. The standard InChI is InChI=1S/C32H33N3O5/c1-32(2,3)40-31(39)33-35-25(28(36)26(21-13-7-4-8-14-21)22-15-9-5-10-16-22)20-19-24-27(35)30(38)34(29(24)37)23-17-11-6-12-18-23/h4-20,24-28,36H,1-3H3,(H,33,39). The molecule has 8 nitrogen and oxygen atoms in total. The van der Waals surface area contributed by atoms with Crippen LogP contribution in [0.5, 0.6) is 0 Å². The van der Waals surface area contributed by atoms with Crippen LogP contribution in [-0.4, -0.2) is 51.8 Å². The molecule has 1 saturated heterocycles. The summed E-state index contributed by atoms with van der Waals surface area (Å²) in [6.45, 7) is 5.21. The monoisotopic (exact) mass is 539 g/mol. The fourth-order valence-electron chi connectivity index (χ4n) is 5.43. The summed E-state index contributed by atoms with van der Waals surface area (Å²) in [5.74, 6) is -2.23. The molecule has 0 bridgehead atoms. The average Bonchev–Trinajstić information content (AvgIpc) is 3.19. The zero-order chi connectivity index (χ0) is 28.4. The first-order valence-electron chi connectivity index (χ1n) is 13.3. The fraction of sp³-hybridized carbons (Fsp3) is 0.281. The van der Waals surface area contributed by atoms with Gasteiger partial charge in [-0.25, -0.2) is 9.69 Å². The van der Waals surface area contributed by atoms with E-state index in [1.165, 1.54) is 5.01 Å². The van der Waals surface area contributed by atoms with E-state index in [2.05, 4.69) is 5.43 Å². The highest BCUT2D eigenvalue weighted by molar-refractivity contribution is 6.24. The average molecular weight is 540 g/mol. The number of ether oxygens (including phenoxy) is 1. The van der Waals surface area contributed by atoms with E-state index < -0.39 is 53.5 Å². The lowest BCUT2D eigenvalue weighted by molar-refractivity contribution is -0.126. The van der Waals surface area contributed by atoms with E-state index in [9.17, 15) is 19.5 Å². The molecule has 0 radical (unpaired) electrons. The molecular weight excluding hydrogens is 506 g/mol. The van der Waals surface area contributed by atoms with Crippen molar-refractivity contribution in [1.82, 2.24) is 10.4 Å². The minimum Gasteiger partial charge on any atom is -0.443 e. The first kappa shape index (κ1) is 27.3. The van der Waals surface area contributed by atoms with Gasteiger partial charge in [0.05, 0.1) is 23.8 Å². The number of hydrogen-bond donors (Lipinski definition) is 2. The highest BCUT2D eigenvalue weighted by Gasteiger charge is 2.55. The maximum atomic E-state index is 13.9. The number of hydrogen-bond acceptors (Lipinski definition) is 6. The molecule has 2 N–H and O–H groups in total. The second kappa shape index (κ2) is 11.1. The highest BCUT2D eigenvalue weighted by atomic mass is 16.6. The van der Waals surface area contributed by atoms with Crippen LogP contribution in [0, 0.1) is 5.92 Å². The quantitative estimate of drug-likeness (QED) is 0.356. The van der Waals surface area contributed by atoms with Gasteiger partial charge in [0.1, 0.15) is 11.6 Å². The number of carbonyl (C=O) groups excluding carboxylic acids is 3. The molecule has 0 aliphatic carbocycles. The third-order valence-corrected chi connectivity index (χ3v) is 7.10. The van der Waals surface area contributed by atoms with Gasteiger partial charge < -0.3 is 9.84 Å². The van der Waals surface area contributed by atoms with Gasteiger partial charge in [-0.15, -0.1) is 0 Å². The second-order valence-electron chi connectivity index (χ2n) is 11.0. The first-order valence-corrected chi connectivity index (χ1v) is 13.3. The van der Waals surface area contributed by atoms with Crippen molar-refractivity contribution in [3.63, 3.8) is 0 Å². The molecule has 40 heavy (non-hydrogen) atoms. The molecule has 206 valence electrons. The van der Waals surface area contributed by atoms with Gasteiger partial charge in [0.15, 0.2) is 0 Å². The van der Waals surface area contributed by atoms with Gasteiger partial charge >= 0.3 is 6.09 Å². The summed E-state index contributed by atoms with van der Waals surface area (Å²) in [5, 5.41) is 13.4. The Morgan fingerprint density at radius 1 is 0.825 bits per heavy atom. The van der Waals surface area contributed by atoms with Crippen LogP contribution in [0.1, 0.15) is 37.8 Å². The van der Waals surface area contributed by atoms with E-state index in [0.717, 1.165) is 16.0 Å². The Bertz CT molecular complexity index is 1350. The molecular formula is C32H33N3O5. The van der Waals surface area contributed by atoms with Crippen LogP contribution in [0.15, 0.2) is 103 Å². The summed E-state index contributed by atoms with van der Waals surface area (Å²) < 4.78 is 5.51. The van der Waals surface area contributed by atoms with Crippen molar-refractivity contribution in [1.29, 1.82) is 0 Å². The summed E-state index contributed by atoms with van der Waals surface area (Å²) in [4.78, 5) is 41.5. The van der Waals surface area contributed by atoms with E-state index in [4.69, 9.17) is 4.74 Å².